The molecule has 126 heavy (non-hydrogen) atoms. The summed E-state index contributed by atoms with van der Waals surface area (Å²) < 4.78 is 82.9. The highest BCUT2D eigenvalue weighted by Crippen LogP contribution is 2.45. The van der Waals surface area contributed by atoms with E-state index in [9.17, 15) is 0 Å². The first-order valence-corrected chi connectivity index (χ1v) is 42.9. The van der Waals surface area contributed by atoms with E-state index in [0.29, 0.717) is 28.2 Å². The van der Waals surface area contributed by atoms with Crippen molar-refractivity contribution in [3.8, 4) is 67.3 Å². The van der Waals surface area contributed by atoms with E-state index in [1.165, 1.54) is 98.5 Å². The maximum atomic E-state index is 8.13. The van der Waals surface area contributed by atoms with Crippen molar-refractivity contribution in [3.05, 3.63) is 373 Å². The van der Waals surface area contributed by atoms with Crippen LogP contribution in [0, 0.1) is 48.3 Å². The van der Waals surface area contributed by atoms with Crippen LogP contribution in [0.5, 0.6) is 0 Å². The average molecular weight is 1640 g/mol. The summed E-state index contributed by atoms with van der Waals surface area (Å²) in [6, 6.07) is 102. The Morgan fingerprint density at radius 2 is 0.643 bits per heavy atom. The number of pyridine rings is 6. The molecule has 0 saturated carbocycles. The van der Waals surface area contributed by atoms with Crippen molar-refractivity contribution in [1.82, 2.24) is 9.97 Å². The number of nitrogens with zero attached hydrogens (tertiary/aromatic N) is 6. The van der Waals surface area contributed by atoms with Crippen LogP contribution < -0.4 is 18.3 Å². The van der Waals surface area contributed by atoms with E-state index >= 15 is 0 Å². The van der Waals surface area contributed by atoms with E-state index in [-0.39, 0.29) is 0 Å². The highest BCUT2D eigenvalue weighted by atomic mass is 16.3. The van der Waals surface area contributed by atoms with Crippen LogP contribution in [0.1, 0.15) is 72.6 Å². The molecule has 0 spiro atoms. The summed E-state index contributed by atoms with van der Waals surface area (Å²) in [6.07, 6.45) is 9.63. The number of furan rings is 4. The Hall–Kier alpha value is -15.3. The van der Waals surface area contributed by atoms with E-state index in [0.717, 1.165) is 144 Å². The summed E-state index contributed by atoms with van der Waals surface area (Å²) in [7, 11) is 8.01. The Kier molecular flexibility index (Phi) is 17.7. The standard InChI is InChI=1S/C30H25N2O.C30H26NO.C29H23N2O.C27H20NO/c1-18-17-32(4)27(16-26(18)21-10-6-5-7-11-21)22-14-15-25-28-30(33-29(25)19(22)2)24-13-9-8-12-23(24)20(3)31-28;1-18(2)21-10-11-24-22(17-21)15-16-31(4)28(24)23-13-14-26-27-12-9-20-7-5-6-8-25(20)30(27)32-29(26)19(23)3;1-18-17-31(3)26(15-25(18)20-9-5-4-6-10-20)22-13-14-24-27-29(32-28(24)19(22)2)23-12-8-7-11-21(23)16-30-27;1-17-20(25-21-9-5-3-8-19(21)15-16-28(25)2)13-14-23-24-12-11-18-7-4-6-10-22(18)27(24)29-26(17)23/h5-17H,1-4H3;5-18H,1-4H3;4-17H,1-3H3;3-16H,1-2H3/q4*+1/i1D3;;1D3;. The minimum absolute atomic E-state index is 0.327. The van der Waals surface area contributed by atoms with Crippen LogP contribution in [0.3, 0.4) is 0 Å². The molecule has 0 N–H and O–H groups in total. The first-order valence-electron chi connectivity index (χ1n) is 45.9. The van der Waals surface area contributed by atoms with Gasteiger partial charge in [0.2, 0.25) is 22.8 Å². The molecular formula is C116H94N6O4+4. The van der Waals surface area contributed by atoms with Gasteiger partial charge in [-0.05, 0) is 176 Å². The fourth-order valence-electron chi connectivity index (χ4n) is 19.1. The highest BCUT2D eigenvalue weighted by molar-refractivity contribution is 6.19. The van der Waals surface area contributed by atoms with E-state index in [1.54, 1.807) is 12.4 Å². The van der Waals surface area contributed by atoms with Gasteiger partial charge in [-0.15, -0.1) is 0 Å². The second-order valence-corrected chi connectivity index (χ2v) is 33.7. The summed E-state index contributed by atoms with van der Waals surface area (Å²) in [5.41, 5.74) is 27.9. The maximum absolute atomic E-state index is 8.13. The molecule has 10 aromatic heterocycles. The van der Waals surface area contributed by atoms with E-state index in [4.69, 9.17) is 30.9 Å². The second-order valence-electron chi connectivity index (χ2n) is 33.7. The van der Waals surface area contributed by atoms with Crippen LogP contribution in [0.2, 0.25) is 0 Å². The molecule has 0 aliphatic rings. The summed E-state index contributed by atoms with van der Waals surface area (Å²) in [5, 5.41) is 20.6. The summed E-state index contributed by atoms with van der Waals surface area (Å²) >= 11 is 0. The van der Waals surface area contributed by atoms with Crippen molar-refractivity contribution in [2.75, 3.05) is 0 Å². The SMILES string of the molecule is Cc1c(-c2c3ccc(C(C)C)cc3cc[n+]2C)ccc2c1oc1c3ccccc3ccc21.Cc1c(-c2c3ccccc3cc[n+]2C)ccc2c1oc1c3ccccc3ccc21.[2H]C([2H])([2H])c1c[n+](C)c(-c2ccc3c(oc4c5ccccc5c(C)nc34)c2C)cc1-c1ccccc1.[2H]C([2H])([2H])c1c[n+](C)c(-c2ccc3c(oc4c5ccccc5cnc34)c2C)cc1-c1ccccc1. The van der Waals surface area contributed by atoms with Gasteiger partial charge in [0.25, 0.3) is 0 Å². The zero-order chi connectivity index (χ0) is 91.0. The second kappa shape index (κ2) is 31.3. The van der Waals surface area contributed by atoms with Crippen LogP contribution in [-0.2, 0) is 28.2 Å². The lowest BCUT2D eigenvalue weighted by Crippen LogP contribution is -2.31. The van der Waals surface area contributed by atoms with Gasteiger partial charge in [-0.2, -0.15) is 0 Å². The molecule has 0 aliphatic carbocycles. The fraction of sp³-hybridized carbons (Fsp3) is 0.121. The topological polar surface area (TPSA) is 93.9 Å². The number of fused-ring (bicyclic) bond motifs is 22. The van der Waals surface area contributed by atoms with E-state index in [2.05, 4.69) is 263 Å². The van der Waals surface area contributed by atoms with E-state index < -0.39 is 13.7 Å². The quantitative estimate of drug-likeness (QED) is 0.148. The smallest absolute Gasteiger partial charge is 0.220 e. The third-order valence-electron chi connectivity index (χ3n) is 25.8. The van der Waals surface area contributed by atoms with Gasteiger partial charge in [-0.25, -0.2) is 23.3 Å². The molecule has 608 valence electrons. The lowest BCUT2D eigenvalue weighted by atomic mass is 9.94. The van der Waals surface area contributed by atoms with Crippen molar-refractivity contribution in [2.45, 2.75) is 68.1 Å². The molecule has 0 bridgehead atoms. The molecule has 0 saturated heterocycles. The van der Waals surface area contributed by atoms with Crippen molar-refractivity contribution in [1.29, 1.82) is 0 Å². The van der Waals surface area contributed by atoms with E-state index in [1.807, 2.05) is 152 Å². The van der Waals surface area contributed by atoms with Crippen LogP contribution in [0.25, 0.3) is 220 Å². The molecule has 14 aromatic carbocycles. The average Bonchev–Trinajstić information content (AvgIpc) is 1.60. The molecule has 0 radical (unpaired) electrons. The molecule has 24 aromatic rings. The molecule has 10 heterocycles. The molecule has 0 amide bonds. The number of rotatable bonds is 7. The third-order valence-corrected chi connectivity index (χ3v) is 25.8. The predicted octanol–water partition coefficient (Wildman–Crippen LogP) is 28.6. The van der Waals surface area contributed by atoms with Gasteiger partial charge in [-0.3, -0.25) is 4.98 Å². The monoisotopic (exact) mass is 1640 g/mol. The Bertz CT molecular complexity index is 8850. The summed E-state index contributed by atoms with van der Waals surface area (Å²) in [5.74, 6) is 0.514. The number of hydrogen-bond donors (Lipinski definition) is 0. The fourth-order valence-corrected chi connectivity index (χ4v) is 19.1. The number of aromatic nitrogens is 6. The van der Waals surface area contributed by atoms with Gasteiger partial charge in [0.1, 0.15) is 72.7 Å². The van der Waals surface area contributed by atoms with Crippen LogP contribution in [0.15, 0.2) is 346 Å². The first kappa shape index (κ1) is 71.3. The van der Waals surface area contributed by atoms with Crippen molar-refractivity contribution in [2.24, 2.45) is 28.2 Å². The Balaban J connectivity index is 0.000000106. The molecule has 24 rings (SSSR count). The predicted molar refractivity (Wildman–Crippen MR) is 520 cm³/mol. The van der Waals surface area contributed by atoms with Crippen LogP contribution in [-0.4, -0.2) is 9.97 Å². The van der Waals surface area contributed by atoms with Gasteiger partial charge >= 0.3 is 0 Å². The zero-order valence-electron chi connectivity index (χ0n) is 78.1. The molecule has 0 unspecified atom stereocenters. The third kappa shape index (κ3) is 13.2. The van der Waals surface area contributed by atoms with Crippen LogP contribution >= 0.6 is 0 Å². The van der Waals surface area contributed by atoms with Crippen molar-refractivity contribution < 1.29 is 44.2 Å². The molecule has 0 atom stereocenters. The lowest BCUT2D eigenvalue weighted by molar-refractivity contribution is -0.660. The first-order chi connectivity index (χ1) is 63.8. The normalized spacial score (nSPS) is 12.7. The summed E-state index contributed by atoms with van der Waals surface area (Å²) in [6.45, 7) is 10.5. The van der Waals surface area contributed by atoms with Gasteiger partial charge < -0.3 is 17.7 Å². The molecule has 0 fully saturated rings. The highest BCUT2D eigenvalue weighted by Gasteiger charge is 2.28. The summed E-state index contributed by atoms with van der Waals surface area (Å²) in [4.78, 5) is 9.57. The van der Waals surface area contributed by atoms with Gasteiger partial charge in [0.05, 0.1) is 33.0 Å². The Morgan fingerprint density at radius 1 is 0.286 bits per heavy atom. The molecule has 10 heteroatoms. The van der Waals surface area contributed by atoms with Crippen molar-refractivity contribution >= 4 is 153 Å². The number of hydrogen-bond acceptors (Lipinski definition) is 6. The Labute approximate surface area is 738 Å². The van der Waals surface area contributed by atoms with Crippen molar-refractivity contribution in [3.63, 3.8) is 0 Å². The molecule has 0 aliphatic heterocycles. The van der Waals surface area contributed by atoms with Gasteiger partial charge in [0.15, 0.2) is 36.0 Å². The largest absolute Gasteiger partial charge is 0.455 e. The lowest BCUT2D eigenvalue weighted by Gasteiger charge is -2.11. The van der Waals surface area contributed by atoms with Gasteiger partial charge in [-0.1, -0.05) is 214 Å². The molecule has 10 nitrogen and oxygen atoms in total. The number of benzene rings is 14. The van der Waals surface area contributed by atoms with Gasteiger partial charge in [0, 0.05) is 142 Å². The Morgan fingerprint density at radius 3 is 1.15 bits per heavy atom. The minimum Gasteiger partial charge on any atom is -0.455 e. The van der Waals surface area contributed by atoms with Crippen LogP contribution in [0.4, 0.5) is 0 Å². The maximum Gasteiger partial charge on any atom is 0.220 e. The minimum atomic E-state index is -2.23. The zero-order valence-corrected chi connectivity index (χ0v) is 72.1. The molecular weight excluding hydrogens is 1540 g/mol. The number of aryl methyl sites for hydroxylation is 11.